The normalized spacial score (nSPS) is 18.3. The van der Waals surface area contributed by atoms with Crippen molar-refractivity contribution in [3.05, 3.63) is 105 Å². The smallest absolute Gasteiger partial charge is 0.408 e. The van der Waals surface area contributed by atoms with E-state index in [9.17, 15) is 19.1 Å². The predicted molar refractivity (Wildman–Crippen MR) is 159 cm³/mol. The summed E-state index contributed by atoms with van der Waals surface area (Å²) in [7, 11) is 1.78. The fourth-order valence-corrected chi connectivity index (χ4v) is 5.98. The van der Waals surface area contributed by atoms with Crippen molar-refractivity contribution in [3.8, 4) is 5.75 Å². The number of nitrogens with one attached hydrogen (secondary N) is 1. The fraction of sp³-hybridized carbons (Fsp3) is 0.312. The van der Waals surface area contributed by atoms with E-state index in [1.807, 2.05) is 54.6 Å². The summed E-state index contributed by atoms with van der Waals surface area (Å²) in [6.45, 7) is 1.84. The van der Waals surface area contributed by atoms with E-state index in [4.69, 9.17) is 4.74 Å². The van der Waals surface area contributed by atoms with Crippen LogP contribution in [0.15, 0.2) is 82.8 Å². The van der Waals surface area contributed by atoms with Gasteiger partial charge in [0.05, 0.1) is 23.2 Å². The van der Waals surface area contributed by atoms with Crippen LogP contribution in [0.1, 0.15) is 23.1 Å². The Morgan fingerprint density at radius 3 is 2.51 bits per heavy atom. The summed E-state index contributed by atoms with van der Waals surface area (Å²) in [6, 6.07) is 21.5. The Morgan fingerprint density at radius 2 is 1.78 bits per heavy atom. The van der Waals surface area contributed by atoms with Gasteiger partial charge in [0, 0.05) is 44.7 Å². The number of halogens is 2. The largest absolute Gasteiger partial charge is 0.492 e. The average Bonchev–Trinajstić information content (AvgIpc) is 2.97. The van der Waals surface area contributed by atoms with Crippen LogP contribution in [0.5, 0.6) is 5.75 Å². The predicted octanol–water partition coefficient (Wildman–Crippen LogP) is 5.39. The number of ether oxygens (including phenoxy) is 1. The zero-order valence-electron chi connectivity index (χ0n) is 22.9. The van der Waals surface area contributed by atoms with E-state index >= 15 is 0 Å². The Morgan fingerprint density at radius 1 is 1.05 bits per heavy atom. The highest BCUT2D eigenvalue weighted by atomic mass is 79.9. The number of likely N-dealkylation sites (N-methyl/N-ethyl adjacent to an activating group) is 1. The van der Waals surface area contributed by atoms with Crippen LogP contribution in [0.2, 0.25) is 0 Å². The molecule has 3 aromatic carbocycles. The first-order chi connectivity index (χ1) is 19.8. The third-order valence-electron chi connectivity index (χ3n) is 7.77. The molecule has 2 bridgehead atoms. The zero-order chi connectivity index (χ0) is 28.9. The average molecular weight is 623 g/mol. The maximum atomic E-state index is 13.9. The number of nitrogens with zero attached hydrogens (tertiary/aromatic N) is 2. The van der Waals surface area contributed by atoms with E-state index in [1.54, 1.807) is 18.0 Å². The number of carbonyl (C=O) groups is 2. The lowest BCUT2D eigenvalue weighted by atomic mass is 9.82. The van der Waals surface area contributed by atoms with Gasteiger partial charge < -0.3 is 20.1 Å². The minimum atomic E-state index is -1.00. The van der Waals surface area contributed by atoms with Crippen molar-refractivity contribution in [3.63, 3.8) is 0 Å². The number of rotatable bonds is 9. The molecule has 0 aromatic heterocycles. The molecule has 2 N–H and O–H groups in total. The van der Waals surface area contributed by atoms with E-state index in [2.05, 4.69) is 21.2 Å². The molecule has 3 aromatic rings. The minimum Gasteiger partial charge on any atom is -0.492 e. The van der Waals surface area contributed by atoms with Crippen molar-refractivity contribution in [2.45, 2.75) is 31.3 Å². The second-order valence-electron chi connectivity index (χ2n) is 10.4. The molecule has 2 atom stereocenters. The highest BCUT2D eigenvalue weighted by Gasteiger charge is 2.44. The monoisotopic (exact) mass is 621 g/mol. The van der Waals surface area contributed by atoms with E-state index in [0.717, 1.165) is 22.3 Å². The first-order valence-corrected chi connectivity index (χ1v) is 14.5. The first-order valence-electron chi connectivity index (χ1n) is 13.7. The fourth-order valence-electron chi connectivity index (χ4n) is 5.62. The Hall–Kier alpha value is -3.69. The maximum Gasteiger partial charge on any atom is 0.408 e. The Balaban J connectivity index is 1.37. The molecule has 5 rings (SSSR count). The molecule has 2 heterocycles. The van der Waals surface area contributed by atoms with Gasteiger partial charge in [-0.1, -0.05) is 54.6 Å². The van der Waals surface area contributed by atoms with Crippen molar-refractivity contribution in [1.29, 1.82) is 0 Å². The molecule has 0 aliphatic carbocycles. The number of hydrogen-bond donors (Lipinski definition) is 2. The minimum absolute atomic E-state index is 0.146. The van der Waals surface area contributed by atoms with Crippen LogP contribution < -0.4 is 10.1 Å². The van der Waals surface area contributed by atoms with Gasteiger partial charge in [0.15, 0.2) is 0 Å². The molecule has 214 valence electrons. The van der Waals surface area contributed by atoms with Crippen LogP contribution in [-0.2, 0) is 17.6 Å². The van der Waals surface area contributed by atoms with Gasteiger partial charge in [-0.2, -0.15) is 0 Å². The standard InChI is InChI=1S/C32H33BrFN3O4/c1-36(15-13-21-5-3-2-4-6-21)31(38)30-26(18-25-19-35-20-28(30)37(25)32(39)40)23-9-7-22(8-10-23)14-16-41-29-17-24(34)11-12-27(29)33/h2-12,17,25,28,35H,13-16,18-20H2,1H3,(H,39,40). The summed E-state index contributed by atoms with van der Waals surface area (Å²) >= 11 is 3.38. The molecule has 2 unspecified atom stereocenters. The number of fused-ring (bicyclic) bond motifs is 2. The molecule has 2 amide bonds. The van der Waals surface area contributed by atoms with Crippen LogP contribution >= 0.6 is 15.9 Å². The topological polar surface area (TPSA) is 82.1 Å². The Labute approximate surface area is 247 Å². The van der Waals surface area contributed by atoms with E-state index < -0.39 is 12.1 Å². The Kier molecular flexibility index (Phi) is 9.05. The maximum absolute atomic E-state index is 13.9. The third-order valence-corrected chi connectivity index (χ3v) is 8.42. The van der Waals surface area contributed by atoms with Gasteiger partial charge in [0.1, 0.15) is 11.6 Å². The number of piperazine rings is 1. The van der Waals surface area contributed by atoms with Crippen molar-refractivity contribution in [2.24, 2.45) is 0 Å². The third kappa shape index (κ3) is 6.63. The lowest BCUT2D eigenvalue weighted by molar-refractivity contribution is -0.126. The molecule has 1 saturated heterocycles. The molecule has 2 aliphatic rings. The van der Waals surface area contributed by atoms with Crippen molar-refractivity contribution < 1.29 is 23.8 Å². The summed E-state index contributed by atoms with van der Waals surface area (Å²) in [4.78, 5) is 29.4. The molecule has 0 radical (unpaired) electrons. The Bertz CT molecular complexity index is 1430. The number of carboxylic acid groups (broad SMARTS) is 1. The van der Waals surface area contributed by atoms with Gasteiger partial charge >= 0.3 is 6.09 Å². The van der Waals surface area contributed by atoms with Crippen LogP contribution in [-0.4, -0.2) is 72.3 Å². The number of carbonyl (C=O) groups excluding carboxylic acids is 1. The second-order valence-corrected chi connectivity index (χ2v) is 11.3. The van der Waals surface area contributed by atoms with Crippen LogP contribution in [0.25, 0.3) is 5.57 Å². The molecule has 7 nitrogen and oxygen atoms in total. The van der Waals surface area contributed by atoms with Gasteiger partial charge in [0.25, 0.3) is 5.91 Å². The van der Waals surface area contributed by atoms with Gasteiger partial charge in [-0.3, -0.25) is 9.69 Å². The van der Waals surface area contributed by atoms with E-state index in [-0.39, 0.29) is 17.8 Å². The van der Waals surface area contributed by atoms with E-state index in [1.165, 1.54) is 17.0 Å². The quantitative estimate of drug-likeness (QED) is 0.335. The lowest BCUT2D eigenvalue weighted by Gasteiger charge is -2.46. The molecule has 2 aliphatic heterocycles. The van der Waals surface area contributed by atoms with Gasteiger partial charge in [-0.05, 0) is 63.2 Å². The van der Waals surface area contributed by atoms with Crippen molar-refractivity contribution >= 4 is 33.5 Å². The van der Waals surface area contributed by atoms with E-state index in [0.29, 0.717) is 61.3 Å². The highest BCUT2D eigenvalue weighted by molar-refractivity contribution is 9.10. The summed E-state index contributed by atoms with van der Waals surface area (Å²) in [5.41, 5.74) is 4.55. The van der Waals surface area contributed by atoms with Crippen LogP contribution in [0, 0.1) is 5.82 Å². The van der Waals surface area contributed by atoms with Gasteiger partial charge in [0.2, 0.25) is 0 Å². The first kappa shape index (κ1) is 28.8. The zero-order valence-corrected chi connectivity index (χ0v) is 24.4. The van der Waals surface area contributed by atoms with Crippen LogP contribution in [0.4, 0.5) is 9.18 Å². The molecular weight excluding hydrogens is 589 g/mol. The molecule has 1 fully saturated rings. The van der Waals surface area contributed by atoms with Crippen molar-refractivity contribution in [2.75, 3.05) is 33.3 Å². The summed E-state index contributed by atoms with van der Waals surface area (Å²) in [5, 5.41) is 13.4. The van der Waals surface area contributed by atoms with Gasteiger partial charge in [-0.25, -0.2) is 9.18 Å². The summed E-state index contributed by atoms with van der Waals surface area (Å²) in [5.74, 6) is -0.0464. The van der Waals surface area contributed by atoms with Crippen LogP contribution in [0.3, 0.4) is 0 Å². The lowest BCUT2D eigenvalue weighted by Crippen LogP contribution is -2.63. The SMILES string of the molecule is CN(CCc1ccccc1)C(=O)C1=C(c2ccc(CCOc3cc(F)ccc3Br)cc2)CC2CNCC1N2C(=O)O. The number of amides is 2. The molecule has 0 saturated carbocycles. The summed E-state index contributed by atoms with van der Waals surface area (Å²) < 4.78 is 20.0. The van der Waals surface area contributed by atoms with Gasteiger partial charge in [-0.15, -0.1) is 0 Å². The molecule has 9 heteroatoms. The molecule has 41 heavy (non-hydrogen) atoms. The molecule has 0 spiro atoms. The second kappa shape index (κ2) is 12.9. The number of benzene rings is 3. The van der Waals surface area contributed by atoms with Crippen molar-refractivity contribution in [1.82, 2.24) is 15.1 Å². The highest BCUT2D eigenvalue weighted by Crippen LogP contribution is 2.37. The summed E-state index contributed by atoms with van der Waals surface area (Å²) in [6.07, 6.45) is 0.790. The molecular formula is C32H33BrFN3O4. The number of hydrogen-bond acceptors (Lipinski definition) is 4.